The Morgan fingerprint density at radius 2 is 1.96 bits per heavy atom. The molecule has 0 saturated carbocycles. The maximum absolute atomic E-state index is 11.7. The van der Waals surface area contributed by atoms with Crippen LogP contribution in [0.5, 0.6) is 0 Å². The van der Waals surface area contributed by atoms with Crippen LogP contribution in [0.1, 0.15) is 32.1 Å². The van der Waals surface area contributed by atoms with Crippen LogP contribution in [0.25, 0.3) is 10.9 Å². The third kappa shape index (κ3) is 3.59. The van der Waals surface area contributed by atoms with Gasteiger partial charge in [-0.1, -0.05) is 23.7 Å². The van der Waals surface area contributed by atoms with Crippen molar-refractivity contribution in [3.63, 3.8) is 0 Å². The van der Waals surface area contributed by atoms with Gasteiger partial charge in [-0.05, 0) is 49.8 Å². The van der Waals surface area contributed by atoms with Crippen molar-refractivity contribution in [3.05, 3.63) is 35.4 Å². The number of fused-ring (bicyclic) bond motifs is 1. The second-order valence-corrected chi connectivity index (χ2v) is 7.59. The van der Waals surface area contributed by atoms with Gasteiger partial charge in [-0.25, -0.2) is 4.98 Å². The van der Waals surface area contributed by atoms with Crippen LogP contribution >= 0.6 is 11.6 Å². The fourth-order valence-electron chi connectivity index (χ4n) is 4.01. The number of pyridine rings is 1. The molecule has 3 heterocycles. The van der Waals surface area contributed by atoms with Crippen LogP contribution in [-0.4, -0.2) is 42.0 Å². The van der Waals surface area contributed by atoms with Gasteiger partial charge in [-0.3, -0.25) is 4.79 Å². The van der Waals surface area contributed by atoms with Crippen molar-refractivity contribution in [2.75, 3.05) is 31.1 Å². The lowest BCUT2D eigenvalue weighted by Gasteiger charge is -2.33. The van der Waals surface area contributed by atoms with Crippen LogP contribution in [0.4, 0.5) is 5.82 Å². The van der Waals surface area contributed by atoms with Crippen LogP contribution in [0.3, 0.4) is 0 Å². The molecule has 0 spiro atoms. The van der Waals surface area contributed by atoms with Gasteiger partial charge in [0.25, 0.3) is 0 Å². The number of piperidine rings is 1. The van der Waals surface area contributed by atoms with E-state index in [1.165, 1.54) is 12.8 Å². The fraction of sp³-hybridized carbons (Fsp3) is 0.500. The molecule has 0 aliphatic carbocycles. The van der Waals surface area contributed by atoms with Crippen molar-refractivity contribution in [1.82, 2.24) is 9.88 Å². The highest BCUT2D eigenvalue weighted by atomic mass is 35.5. The highest BCUT2D eigenvalue weighted by molar-refractivity contribution is 6.35. The Morgan fingerprint density at radius 1 is 1.12 bits per heavy atom. The molecule has 0 atom stereocenters. The summed E-state index contributed by atoms with van der Waals surface area (Å²) in [5, 5.41) is 1.80. The molecule has 1 amide bonds. The Balaban J connectivity index is 1.35. The van der Waals surface area contributed by atoms with E-state index in [2.05, 4.69) is 17.0 Å². The average molecular weight is 358 g/mol. The van der Waals surface area contributed by atoms with Crippen molar-refractivity contribution in [2.24, 2.45) is 5.92 Å². The van der Waals surface area contributed by atoms with E-state index in [9.17, 15) is 4.79 Å². The number of rotatable bonds is 4. The fourth-order valence-corrected chi connectivity index (χ4v) is 4.23. The van der Waals surface area contributed by atoms with E-state index in [1.54, 1.807) is 0 Å². The Kier molecular flexibility index (Phi) is 4.80. The van der Waals surface area contributed by atoms with Crippen molar-refractivity contribution < 1.29 is 4.79 Å². The summed E-state index contributed by atoms with van der Waals surface area (Å²) in [7, 11) is 0. The van der Waals surface area contributed by atoms with Gasteiger partial charge in [-0.2, -0.15) is 0 Å². The topological polar surface area (TPSA) is 36.4 Å². The summed E-state index contributed by atoms with van der Waals surface area (Å²) in [5.74, 6) is 2.08. The van der Waals surface area contributed by atoms with Crippen LogP contribution in [0.2, 0.25) is 5.02 Å². The number of aromatic nitrogens is 1. The number of likely N-dealkylation sites (tertiary alicyclic amines) is 1. The SMILES string of the molecule is O=C1CCCN1CCC1CCN(c2ccc3cccc(Cl)c3n2)CC1. The number of amides is 1. The predicted octanol–water partition coefficient (Wildman–Crippen LogP) is 4.12. The zero-order valence-electron chi connectivity index (χ0n) is 14.5. The molecule has 2 fully saturated rings. The smallest absolute Gasteiger partial charge is 0.222 e. The Labute approximate surface area is 153 Å². The monoisotopic (exact) mass is 357 g/mol. The van der Waals surface area contributed by atoms with E-state index in [1.807, 2.05) is 23.1 Å². The second-order valence-electron chi connectivity index (χ2n) is 7.18. The quantitative estimate of drug-likeness (QED) is 0.826. The summed E-state index contributed by atoms with van der Waals surface area (Å²) >= 11 is 6.29. The molecular weight excluding hydrogens is 334 g/mol. The molecule has 0 radical (unpaired) electrons. The number of hydrogen-bond acceptors (Lipinski definition) is 3. The van der Waals surface area contributed by atoms with Crippen LogP contribution in [0.15, 0.2) is 30.3 Å². The van der Waals surface area contributed by atoms with E-state index >= 15 is 0 Å². The van der Waals surface area contributed by atoms with Gasteiger partial charge in [0, 0.05) is 38.0 Å². The number of carbonyl (C=O) groups is 1. The first kappa shape index (κ1) is 16.6. The van der Waals surface area contributed by atoms with Gasteiger partial charge < -0.3 is 9.80 Å². The van der Waals surface area contributed by atoms with E-state index in [4.69, 9.17) is 16.6 Å². The zero-order valence-corrected chi connectivity index (χ0v) is 15.2. The second kappa shape index (κ2) is 7.20. The van der Waals surface area contributed by atoms with Gasteiger partial charge >= 0.3 is 0 Å². The molecule has 0 bridgehead atoms. The molecule has 2 aliphatic rings. The summed E-state index contributed by atoms with van der Waals surface area (Å²) in [5.41, 5.74) is 0.885. The van der Waals surface area contributed by atoms with E-state index in [-0.39, 0.29) is 0 Å². The van der Waals surface area contributed by atoms with Crippen LogP contribution < -0.4 is 4.90 Å². The highest BCUT2D eigenvalue weighted by Gasteiger charge is 2.24. The van der Waals surface area contributed by atoms with Crippen LogP contribution in [-0.2, 0) is 4.79 Å². The highest BCUT2D eigenvalue weighted by Crippen LogP contribution is 2.28. The molecule has 0 unspecified atom stereocenters. The maximum atomic E-state index is 11.7. The Hall–Kier alpha value is -1.81. The molecule has 25 heavy (non-hydrogen) atoms. The lowest BCUT2D eigenvalue weighted by Crippen LogP contribution is -2.36. The molecular formula is C20H24ClN3O. The number of nitrogens with zero attached hydrogens (tertiary/aromatic N) is 3. The first-order chi connectivity index (χ1) is 12.2. The maximum Gasteiger partial charge on any atom is 0.222 e. The number of para-hydroxylation sites is 1. The van der Waals surface area contributed by atoms with Gasteiger partial charge in [0.05, 0.1) is 10.5 Å². The third-order valence-electron chi connectivity index (χ3n) is 5.57. The van der Waals surface area contributed by atoms with Crippen molar-refractivity contribution in [3.8, 4) is 0 Å². The minimum absolute atomic E-state index is 0.342. The zero-order chi connectivity index (χ0) is 17.2. The largest absolute Gasteiger partial charge is 0.357 e. The molecule has 2 aromatic rings. The summed E-state index contributed by atoms with van der Waals surface area (Å²) in [6.07, 6.45) is 5.26. The van der Waals surface area contributed by atoms with Crippen molar-refractivity contribution in [2.45, 2.75) is 32.1 Å². The lowest BCUT2D eigenvalue weighted by molar-refractivity contribution is -0.127. The normalized spacial score (nSPS) is 19.2. The summed E-state index contributed by atoms with van der Waals surface area (Å²) < 4.78 is 0. The first-order valence-electron chi connectivity index (χ1n) is 9.29. The number of carbonyl (C=O) groups excluding carboxylic acids is 1. The van der Waals surface area contributed by atoms with Crippen molar-refractivity contribution in [1.29, 1.82) is 0 Å². The summed E-state index contributed by atoms with van der Waals surface area (Å²) in [6.45, 7) is 3.95. The van der Waals surface area contributed by atoms with Crippen molar-refractivity contribution >= 4 is 34.2 Å². The number of halogens is 1. The Bertz CT molecular complexity index is 771. The summed E-state index contributed by atoms with van der Waals surface area (Å²) in [4.78, 5) is 20.9. The molecule has 0 N–H and O–H groups in total. The van der Waals surface area contributed by atoms with Gasteiger partial charge in [0.2, 0.25) is 5.91 Å². The third-order valence-corrected chi connectivity index (χ3v) is 5.88. The first-order valence-corrected chi connectivity index (χ1v) is 9.66. The minimum atomic E-state index is 0.342. The number of hydrogen-bond donors (Lipinski definition) is 0. The van der Waals surface area contributed by atoms with E-state index < -0.39 is 0 Å². The molecule has 2 saturated heterocycles. The van der Waals surface area contributed by atoms with Gasteiger partial charge in [0.15, 0.2) is 0 Å². The molecule has 4 rings (SSSR count). The lowest BCUT2D eigenvalue weighted by atomic mass is 9.93. The molecule has 132 valence electrons. The van der Waals surface area contributed by atoms with Gasteiger partial charge in [-0.15, -0.1) is 0 Å². The van der Waals surface area contributed by atoms with Gasteiger partial charge in [0.1, 0.15) is 5.82 Å². The van der Waals surface area contributed by atoms with Crippen LogP contribution in [0, 0.1) is 5.92 Å². The molecule has 5 heteroatoms. The minimum Gasteiger partial charge on any atom is -0.357 e. The molecule has 1 aromatic heterocycles. The predicted molar refractivity (Wildman–Crippen MR) is 102 cm³/mol. The molecule has 1 aromatic carbocycles. The number of benzene rings is 1. The van der Waals surface area contributed by atoms with E-state index in [0.717, 1.165) is 62.2 Å². The standard InChI is InChI=1S/C20H24ClN3O/c21-17-4-1-3-16-6-7-18(22-20(16)17)23-12-8-15(9-13-23)10-14-24-11-2-5-19(24)25/h1,3-4,6-7,15H,2,5,8-14H2. The van der Waals surface area contributed by atoms with E-state index in [0.29, 0.717) is 16.8 Å². The number of anilines is 1. The summed E-state index contributed by atoms with van der Waals surface area (Å²) in [6, 6.07) is 10.1. The average Bonchev–Trinajstić information content (AvgIpc) is 3.05. The molecule has 2 aliphatic heterocycles. The molecule has 4 nitrogen and oxygen atoms in total. The Morgan fingerprint density at radius 3 is 2.72 bits per heavy atom.